The quantitative estimate of drug-likeness (QED) is 0.595. The summed E-state index contributed by atoms with van der Waals surface area (Å²) in [5.74, 6) is 1.01. The molecule has 1 saturated carbocycles. The molecule has 1 aliphatic carbocycles. The summed E-state index contributed by atoms with van der Waals surface area (Å²) in [6.07, 6.45) is 7.75. The summed E-state index contributed by atoms with van der Waals surface area (Å²) in [5, 5.41) is 6.40. The number of amides is 1. The molecule has 5 heteroatoms. The van der Waals surface area contributed by atoms with Gasteiger partial charge in [0.2, 0.25) is 0 Å². The van der Waals surface area contributed by atoms with E-state index >= 15 is 0 Å². The summed E-state index contributed by atoms with van der Waals surface area (Å²) < 4.78 is 0. The van der Waals surface area contributed by atoms with Crippen LogP contribution in [0.5, 0.6) is 0 Å². The zero-order valence-corrected chi connectivity index (χ0v) is 16.9. The Labute approximate surface area is 163 Å². The molecule has 3 rings (SSSR count). The van der Waals surface area contributed by atoms with Gasteiger partial charge in [0.25, 0.3) is 5.91 Å². The number of nitrogens with one attached hydrogen (secondary N) is 2. The van der Waals surface area contributed by atoms with Gasteiger partial charge in [-0.25, -0.2) is 4.99 Å². The van der Waals surface area contributed by atoms with Gasteiger partial charge < -0.3 is 15.5 Å². The number of likely N-dealkylation sites (tertiary alicyclic amines) is 1. The van der Waals surface area contributed by atoms with Gasteiger partial charge in [-0.2, -0.15) is 0 Å². The minimum atomic E-state index is -0.00250. The number of rotatable bonds is 6. The summed E-state index contributed by atoms with van der Waals surface area (Å²) in [6.45, 7) is 8.60. The molecule has 1 aromatic carbocycles. The topological polar surface area (TPSA) is 56.7 Å². The minimum absolute atomic E-state index is 0.00250. The third kappa shape index (κ3) is 5.02. The Hall–Kier alpha value is -2.04. The number of guanidine groups is 1. The molecule has 1 heterocycles. The molecular formula is C22H34N4O. The van der Waals surface area contributed by atoms with E-state index in [0.717, 1.165) is 37.6 Å². The second kappa shape index (κ2) is 9.25. The van der Waals surface area contributed by atoms with Gasteiger partial charge in [0, 0.05) is 31.7 Å². The molecule has 0 unspecified atom stereocenters. The molecule has 0 atom stereocenters. The predicted molar refractivity (Wildman–Crippen MR) is 111 cm³/mol. The van der Waals surface area contributed by atoms with Crippen LogP contribution in [0.15, 0.2) is 29.3 Å². The molecule has 1 amide bonds. The maximum Gasteiger partial charge on any atom is 0.251 e. The SMILES string of the molecule is CCCNC(=O)c1cccc(CN=C(NCC)N2CCC3(CCCC3)C2)c1. The standard InChI is InChI=1S/C22H34N4O/c1-3-13-24-20(27)19-9-7-8-18(15-19)16-25-21(23-4-2)26-14-12-22(17-26)10-5-6-11-22/h7-9,15H,3-6,10-14,16-17H2,1-2H3,(H,23,25)(H,24,27). The lowest BCUT2D eigenvalue weighted by Gasteiger charge is -2.26. The van der Waals surface area contributed by atoms with Crippen molar-refractivity contribution in [2.45, 2.75) is 58.9 Å². The van der Waals surface area contributed by atoms with Crippen LogP contribution in [0.25, 0.3) is 0 Å². The van der Waals surface area contributed by atoms with Crippen molar-refractivity contribution in [1.82, 2.24) is 15.5 Å². The summed E-state index contributed by atoms with van der Waals surface area (Å²) >= 11 is 0. The molecule has 2 N–H and O–H groups in total. The Balaban J connectivity index is 1.66. The lowest BCUT2D eigenvalue weighted by molar-refractivity contribution is 0.0953. The Morgan fingerprint density at radius 3 is 2.74 bits per heavy atom. The van der Waals surface area contributed by atoms with Gasteiger partial charge >= 0.3 is 0 Å². The largest absolute Gasteiger partial charge is 0.357 e. The number of aliphatic imine (C=N–C) groups is 1. The van der Waals surface area contributed by atoms with Crippen LogP contribution in [0.1, 0.15) is 68.3 Å². The zero-order chi connectivity index (χ0) is 19.1. The van der Waals surface area contributed by atoms with Crippen molar-refractivity contribution in [3.63, 3.8) is 0 Å². The Kier molecular flexibility index (Phi) is 6.75. The fraction of sp³-hybridized carbons (Fsp3) is 0.636. The van der Waals surface area contributed by atoms with Crippen LogP contribution in [-0.2, 0) is 6.54 Å². The van der Waals surface area contributed by atoms with E-state index in [9.17, 15) is 4.79 Å². The Bertz CT molecular complexity index is 664. The van der Waals surface area contributed by atoms with Crippen LogP contribution in [-0.4, -0.2) is 42.9 Å². The Morgan fingerprint density at radius 1 is 1.19 bits per heavy atom. The van der Waals surface area contributed by atoms with Crippen molar-refractivity contribution >= 4 is 11.9 Å². The molecule has 5 nitrogen and oxygen atoms in total. The van der Waals surface area contributed by atoms with E-state index in [-0.39, 0.29) is 5.91 Å². The van der Waals surface area contributed by atoms with E-state index in [4.69, 9.17) is 4.99 Å². The fourth-order valence-corrected chi connectivity index (χ4v) is 4.39. The van der Waals surface area contributed by atoms with E-state index in [0.29, 0.717) is 24.1 Å². The van der Waals surface area contributed by atoms with Gasteiger partial charge in [-0.15, -0.1) is 0 Å². The number of carbonyl (C=O) groups excluding carboxylic acids is 1. The molecule has 27 heavy (non-hydrogen) atoms. The third-order valence-electron chi connectivity index (χ3n) is 5.87. The van der Waals surface area contributed by atoms with Crippen molar-refractivity contribution in [1.29, 1.82) is 0 Å². The van der Waals surface area contributed by atoms with Gasteiger partial charge in [-0.1, -0.05) is 31.9 Å². The molecule has 1 spiro atoms. The third-order valence-corrected chi connectivity index (χ3v) is 5.87. The molecule has 1 aliphatic heterocycles. The highest BCUT2D eigenvalue weighted by Gasteiger charge is 2.41. The Morgan fingerprint density at radius 2 is 2.00 bits per heavy atom. The summed E-state index contributed by atoms with van der Waals surface area (Å²) in [7, 11) is 0. The van der Waals surface area contributed by atoms with Crippen molar-refractivity contribution < 1.29 is 4.79 Å². The highest BCUT2D eigenvalue weighted by atomic mass is 16.1. The smallest absolute Gasteiger partial charge is 0.251 e. The van der Waals surface area contributed by atoms with Gasteiger partial charge in [-0.05, 0) is 55.7 Å². The maximum atomic E-state index is 12.2. The van der Waals surface area contributed by atoms with Crippen LogP contribution in [0.3, 0.4) is 0 Å². The van der Waals surface area contributed by atoms with Crippen molar-refractivity contribution in [3.05, 3.63) is 35.4 Å². The second-order valence-electron chi connectivity index (χ2n) is 8.01. The van der Waals surface area contributed by atoms with Crippen molar-refractivity contribution in [3.8, 4) is 0 Å². The maximum absolute atomic E-state index is 12.2. The first-order valence-electron chi connectivity index (χ1n) is 10.6. The molecule has 1 saturated heterocycles. The van der Waals surface area contributed by atoms with E-state index in [1.807, 2.05) is 24.3 Å². The number of benzene rings is 1. The monoisotopic (exact) mass is 370 g/mol. The van der Waals surface area contributed by atoms with E-state index in [2.05, 4.69) is 29.4 Å². The highest BCUT2D eigenvalue weighted by molar-refractivity contribution is 5.94. The van der Waals surface area contributed by atoms with Crippen LogP contribution in [0.4, 0.5) is 0 Å². The van der Waals surface area contributed by atoms with Gasteiger partial charge in [-0.3, -0.25) is 4.79 Å². The van der Waals surface area contributed by atoms with E-state index < -0.39 is 0 Å². The normalized spacial score (nSPS) is 18.9. The molecule has 0 bridgehead atoms. The average molecular weight is 371 g/mol. The predicted octanol–water partition coefficient (Wildman–Crippen LogP) is 3.56. The van der Waals surface area contributed by atoms with Crippen molar-refractivity contribution in [2.24, 2.45) is 10.4 Å². The van der Waals surface area contributed by atoms with Gasteiger partial charge in [0.15, 0.2) is 5.96 Å². The first-order valence-corrected chi connectivity index (χ1v) is 10.6. The van der Waals surface area contributed by atoms with Gasteiger partial charge in [0.1, 0.15) is 0 Å². The fourth-order valence-electron chi connectivity index (χ4n) is 4.39. The molecule has 1 aromatic rings. The molecule has 0 radical (unpaired) electrons. The lowest BCUT2D eigenvalue weighted by atomic mass is 9.86. The first kappa shape index (κ1) is 19.7. The number of carbonyl (C=O) groups is 1. The number of hydrogen-bond acceptors (Lipinski definition) is 2. The molecule has 0 aromatic heterocycles. The van der Waals surface area contributed by atoms with Crippen molar-refractivity contribution in [2.75, 3.05) is 26.2 Å². The number of nitrogens with zero attached hydrogens (tertiary/aromatic N) is 2. The van der Waals surface area contributed by atoms with Crippen LogP contribution < -0.4 is 10.6 Å². The van der Waals surface area contributed by atoms with E-state index in [1.165, 1.54) is 32.1 Å². The molecule has 2 fully saturated rings. The molecule has 148 valence electrons. The zero-order valence-electron chi connectivity index (χ0n) is 16.9. The summed E-state index contributed by atoms with van der Waals surface area (Å²) in [4.78, 5) is 19.5. The van der Waals surface area contributed by atoms with E-state index in [1.54, 1.807) is 0 Å². The van der Waals surface area contributed by atoms with Crippen LogP contribution >= 0.6 is 0 Å². The molecule has 2 aliphatic rings. The lowest BCUT2D eigenvalue weighted by Crippen LogP contribution is -2.41. The number of hydrogen-bond donors (Lipinski definition) is 2. The minimum Gasteiger partial charge on any atom is -0.357 e. The first-order chi connectivity index (χ1) is 13.2. The van der Waals surface area contributed by atoms with Crippen LogP contribution in [0, 0.1) is 5.41 Å². The molecular weight excluding hydrogens is 336 g/mol. The highest BCUT2D eigenvalue weighted by Crippen LogP contribution is 2.45. The van der Waals surface area contributed by atoms with Gasteiger partial charge in [0.05, 0.1) is 6.54 Å². The summed E-state index contributed by atoms with van der Waals surface area (Å²) in [5.41, 5.74) is 2.32. The average Bonchev–Trinajstić information content (AvgIpc) is 3.33. The van der Waals surface area contributed by atoms with Crippen LogP contribution in [0.2, 0.25) is 0 Å². The summed E-state index contributed by atoms with van der Waals surface area (Å²) in [6, 6.07) is 7.82. The second-order valence-corrected chi connectivity index (χ2v) is 8.01.